The molecule has 1 amide bonds. The minimum atomic E-state index is -0.339. The molecule has 0 bridgehead atoms. The first-order valence-corrected chi connectivity index (χ1v) is 13.4. The fraction of sp³-hybridized carbons (Fsp3) is 0.552. The molecule has 2 saturated heterocycles. The molecule has 8 nitrogen and oxygen atoms in total. The number of carbonyl (C=O) groups excluding carboxylic acids is 1. The highest BCUT2D eigenvalue weighted by molar-refractivity contribution is 5.97. The fourth-order valence-electron chi connectivity index (χ4n) is 5.60. The summed E-state index contributed by atoms with van der Waals surface area (Å²) >= 11 is 0. The zero-order valence-electron chi connectivity index (χ0n) is 22.9. The summed E-state index contributed by atoms with van der Waals surface area (Å²) in [7, 11) is 1.62. The molecule has 8 heteroatoms. The van der Waals surface area contributed by atoms with Gasteiger partial charge in [-0.25, -0.2) is 9.50 Å². The van der Waals surface area contributed by atoms with Crippen LogP contribution in [0.15, 0.2) is 30.5 Å². The third-order valence-corrected chi connectivity index (χ3v) is 7.90. The first-order valence-electron chi connectivity index (χ1n) is 13.4. The Kier molecular flexibility index (Phi) is 6.64. The Balaban J connectivity index is 1.48. The Labute approximate surface area is 219 Å². The molecule has 2 fully saturated rings. The van der Waals surface area contributed by atoms with Crippen molar-refractivity contribution >= 4 is 17.4 Å². The van der Waals surface area contributed by atoms with Gasteiger partial charge in [0.2, 0.25) is 0 Å². The first-order chi connectivity index (χ1) is 17.6. The van der Waals surface area contributed by atoms with Gasteiger partial charge in [0, 0.05) is 43.4 Å². The number of carbonyl (C=O) groups is 1. The Hall–Kier alpha value is -3.13. The van der Waals surface area contributed by atoms with Crippen molar-refractivity contribution < 1.29 is 14.6 Å². The molecule has 0 saturated carbocycles. The third kappa shape index (κ3) is 4.79. The third-order valence-electron chi connectivity index (χ3n) is 7.90. The lowest BCUT2D eigenvalue weighted by Crippen LogP contribution is -2.39. The summed E-state index contributed by atoms with van der Waals surface area (Å²) in [4.78, 5) is 23.0. The van der Waals surface area contributed by atoms with E-state index in [-0.39, 0.29) is 29.4 Å². The largest absolute Gasteiger partial charge is 0.496 e. The number of hydrogen-bond acceptors (Lipinski definition) is 6. The van der Waals surface area contributed by atoms with Crippen molar-refractivity contribution in [3.05, 3.63) is 52.8 Å². The van der Waals surface area contributed by atoms with E-state index in [1.807, 2.05) is 46.8 Å². The van der Waals surface area contributed by atoms with Crippen LogP contribution in [0.1, 0.15) is 80.2 Å². The number of aliphatic hydroxyl groups excluding tert-OH is 1. The van der Waals surface area contributed by atoms with Crippen LogP contribution in [0.4, 0.5) is 5.82 Å². The van der Waals surface area contributed by atoms with Crippen LogP contribution in [0.25, 0.3) is 5.65 Å². The van der Waals surface area contributed by atoms with Gasteiger partial charge in [0.25, 0.3) is 5.91 Å². The van der Waals surface area contributed by atoms with Gasteiger partial charge in [0.1, 0.15) is 11.6 Å². The lowest BCUT2D eigenvalue weighted by Gasteiger charge is -2.35. The van der Waals surface area contributed by atoms with Crippen molar-refractivity contribution in [2.24, 2.45) is 5.92 Å². The molecule has 198 valence electrons. The lowest BCUT2D eigenvalue weighted by molar-refractivity contribution is 0.0602. The van der Waals surface area contributed by atoms with Crippen LogP contribution in [-0.2, 0) is 5.41 Å². The number of amides is 1. The number of hydrogen-bond donors (Lipinski definition) is 1. The van der Waals surface area contributed by atoms with Crippen LogP contribution < -0.4 is 9.64 Å². The smallest absolute Gasteiger partial charge is 0.258 e. The number of aliphatic hydroxyl groups is 1. The topological polar surface area (TPSA) is 83.2 Å². The molecule has 0 spiro atoms. The molecule has 4 heterocycles. The molecule has 2 aliphatic heterocycles. The second-order valence-corrected chi connectivity index (χ2v) is 11.7. The van der Waals surface area contributed by atoms with Gasteiger partial charge in [-0.15, -0.1) is 0 Å². The number of β-amino-alcohol motifs (C(OH)–C–C–N with tert-alkyl or cyclic N) is 1. The highest BCUT2D eigenvalue weighted by Gasteiger charge is 2.33. The van der Waals surface area contributed by atoms with Gasteiger partial charge in [-0.1, -0.05) is 33.8 Å². The number of piperidine rings is 1. The van der Waals surface area contributed by atoms with Crippen molar-refractivity contribution in [1.82, 2.24) is 19.5 Å². The number of aryl methyl sites for hydroxylation is 1. The molecule has 1 N–H and O–H groups in total. The average molecular weight is 506 g/mol. The molecule has 3 atom stereocenters. The second kappa shape index (κ2) is 9.63. The fourth-order valence-corrected chi connectivity index (χ4v) is 5.60. The summed E-state index contributed by atoms with van der Waals surface area (Å²) in [5.74, 6) is 1.69. The monoisotopic (exact) mass is 505 g/mol. The van der Waals surface area contributed by atoms with E-state index in [1.54, 1.807) is 7.11 Å². The summed E-state index contributed by atoms with van der Waals surface area (Å²) in [5, 5.41) is 15.1. The van der Waals surface area contributed by atoms with E-state index in [4.69, 9.17) is 14.8 Å². The maximum Gasteiger partial charge on any atom is 0.258 e. The number of likely N-dealkylation sites (tertiary alicyclic amines) is 1. The standard InChI is InChI=1S/C29H39N5O3/c1-18-15-32(17-24(18)35)27-19(2)16-34-26(30-27)14-22(31-34)23-9-7-8-12-33(23)28(36)21-13-20(29(3,4)5)10-11-25(21)37-6/h10-11,13-14,16,18,23-24,35H,7-9,12,15,17H2,1-6H3/t18-,23+,24+/m1/s1. The zero-order valence-corrected chi connectivity index (χ0v) is 22.9. The van der Waals surface area contributed by atoms with Gasteiger partial charge in [0.15, 0.2) is 5.65 Å². The molecule has 3 aromatic rings. The number of nitrogens with zero attached hydrogens (tertiary/aromatic N) is 5. The van der Waals surface area contributed by atoms with E-state index in [1.165, 1.54) is 0 Å². The van der Waals surface area contributed by atoms with Gasteiger partial charge in [-0.05, 0) is 49.3 Å². The van der Waals surface area contributed by atoms with Crippen LogP contribution >= 0.6 is 0 Å². The SMILES string of the molecule is COc1ccc(C(C)(C)C)cc1C(=O)N1CCCC[C@H]1c1cc2nc(N3C[C@@H](C)[C@@H](O)C3)c(C)cn2n1. The van der Waals surface area contributed by atoms with Crippen molar-refractivity contribution in [3.8, 4) is 5.75 Å². The molecular formula is C29H39N5O3. The van der Waals surface area contributed by atoms with E-state index in [2.05, 4.69) is 32.6 Å². The molecule has 0 aliphatic carbocycles. The quantitative estimate of drug-likeness (QED) is 0.561. The van der Waals surface area contributed by atoms with E-state index >= 15 is 0 Å². The maximum absolute atomic E-state index is 14.0. The van der Waals surface area contributed by atoms with Crippen molar-refractivity contribution in [2.45, 2.75) is 71.4 Å². The number of methoxy groups -OCH3 is 1. The highest BCUT2D eigenvalue weighted by Crippen LogP contribution is 2.35. The molecule has 0 radical (unpaired) electrons. The number of fused-ring (bicyclic) bond motifs is 1. The number of ether oxygens (including phenoxy) is 1. The normalized spacial score (nSPS) is 22.6. The van der Waals surface area contributed by atoms with Crippen LogP contribution in [0.3, 0.4) is 0 Å². The van der Waals surface area contributed by atoms with Crippen molar-refractivity contribution in [2.75, 3.05) is 31.6 Å². The predicted octanol–water partition coefficient (Wildman–Crippen LogP) is 4.53. The predicted molar refractivity (Wildman–Crippen MR) is 144 cm³/mol. The summed E-state index contributed by atoms with van der Waals surface area (Å²) in [6, 6.07) is 7.82. The lowest BCUT2D eigenvalue weighted by atomic mass is 9.85. The van der Waals surface area contributed by atoms with Crippen LogP contribution in [-0.4, -0.2) is 63.4 Å². The molecule has 5 rings (SSSR count). The number of anilines is 1. The average Bonchev–Trinajstić information content (AvgIpc) is 3.43. The Morgan fingerprint density at radius 3 is 2.62 bits per heavy atom. The summed E-state index contributed by atoms with van der Waals surface area (Å²) in [6.07, 6.45) is 4.53. The van der Waals surface area contributed by atoms with Crippen LogP contribution in [0.5, 0.6) is 5.75 Å². The van der Waals surface area contributed by atoms with E-state index in [0.717, 1.165) is 54.1 Å². The van der Waals surface area contributed by atoms with Gasteiger partial charge < -0.3 is 19.6 Å². The second-order valence-electron chi connectivity index (χ2n) is 11.7. The Bertz CT molecular complexity index is 1300. The van der Waals surface area contributed by atoms with Crippen molar-refractivity contribution in [1.29, 1.82) is 0 Å². The van der Waals surface area contributed by atoms with E-state index in [0.29, 0.717) is 24.4 Å². The highest BCUT2D eigenvalue weighted by atomic mass is 16.5. The molecule has 2 aromatic heterocycles. The van der Waals surface area contributed by atoms with Crippen molar-refractivity contribution in [3.63, 3.8) is 0 Å². The van der Waals surface area contributed by atoms with Crippen LogP contribution in [0.2, 0.25) is 0 Å². The summed E-state index contributed by atoms with van der Waals surface area (Å²) in [6.45, 7) is 12.6. The first kappa shape index (κ1) is 25.5. The molecule has 1 aromatic carbocycles. The molecule has 2 aliphatic rings. The minimum Gasteiger partial charge on any atom is -0.496 e. The zero-order chi connectivity index (χ0) is 26.5. The molecule has 37 heavy (non-hydrogen) atoms. The number of aromatic nitrogens is 3. The van der Waals surface area contributed by atoms with Gasteiger partial charge in [-0.3, -0.25) is 4.79 Å². The van der Waals surface area contributed by atoms with E-state index in [9.17, 15) is 9.90 Å². The van der Waals surface area contributed by atoms with E-state index < -0.39 is 0 Å². The van der Waals surface area contributed by atoms with Gasteiger partial charge in [-0.2, -0.15) is 5.10 Å². The number of rotatable bonds is 4. The minimum absolute atomic E-state index is 0.0189. The summed E-state index contributed by atoms with van der Waals surface area (Å²) in [5.41, 5.74) is 4.26. The maximum atomic E-state index is 14.0. The summed E-state index contributed by atoms with van der Waals surface area (Å²) < 4.78 is 7.43. The Morgan fingerprint density at radius 1 is 1.16 bits per heavy atom. The Morgan fingerprint density at radius 2 is 1.95 bits per heavy atom. The van der Waals surface area contributed by atoms with Crippen LogP contribution in [0, 0.1) is 12.8 Å². The number of benzene rings is 1. The van der Waals surface area contributed by atoms with Gasteiger partial charge in [0.05, 0.1) is 30.5 Å². The van der Waals surface area contributed by atoms with Gasteiger partial charge >= 0.3 is 0 Å². The molecular weight excluding hydrogens is 466 g/mol. The molecule has 0 unspecified atom stereocenters.